The predicted octanol–water partition coefficient (Wildman–Crippen LogP) is 2.35. The highest BCUT2D eigenvalue weighted by atomic mass is 16.5. The molecular weight excluding hydrogens is 226 g/mol. The fraction of sp³-hybridized carbons (Fsp3) is 0.467. The highest BCUT2D eigenvalue weighted by molar-refractivity contribution is 5.40. The Morgan fingerprint density at radius 3 is 2.94 bits per heavy atom. The van der Waals surface area contributed by atoms with Crippen LogP contribution in [0.4, 0.5) is 0 Å². The molecule has 0 amide bonds. The zero-order chi connectivity index (χ0) is 12.8. The highest BCUT2D eigenvalue weighted by Gasteiger charge is 2.20. The third-order valence-electron chi connectivity index (χ3n) is 2.94. The van der Waals surface area contributed by atoms with Crippen LogP contribution in [0.5, 0.6) is 11.5 Å². The number of terminal acetylenes is 1. The summed E-state index contributed by atoms with van der Waals surface area (Å²) in [6, 6.07) is 6.60. The number of hydrogen-bond acceptors (Lipinski definition) is 3. The van der Waals surface area contributed by atoms with Crippen LogP contribution in [-0.2, 0) is 6.54 Å². The molecule has 0 saturated heterocycles. The lowest BCUT2D eigenvalue weighted by Crippen LogP contribution is -2.16. The summed E-state index contributed by atoms with van der Waals surface area (Å²) in [5, 5.41) is 3.48. The quantitative estimate of drug-likeness (QED) is 0.591. The standard InChI is InChI=1S/C15H19NO2/c1-3-4-9-18-15-10-14(17-2)8-5-12(15)11-16-13-6-7-13/h1,5,8,10,13,16H,4,6-7,9,11H2,2H3. The van der Waals surface area contributed by atoms with E-state index in [1.54, 1.807) is 7.11 Å². The van der Waals surface area contributed by atoms with E-state index in [9.17, 15) is 0 Å². The van der Waals surface area contributed by atoms with Gasteiger partial charge < -0.3 is 14.8 Å². The molecule has 1 aliphatic rings. The van der Waals surface area contributed by atoms with Crippen LogP contribution in [0.2, 0.25) is 0 Å². The first-order valence-corrected chi connectivity index (χ1v) is 6.30. The largest absolute Gasteiger partial charge is 0.497 e. The summed E-state index contributed by atoms with van der Waals surface area (Å²) < 4.78 is 10.9. The molecule has 0 heterocycles. The molecule has 0 aliphatic heterocycles. The summed E-state index contributed by atoms with van der Waals surface area (Å²) in [7, 11) is 1.66. The monoisotopic (exact) mass is 245 g/mol. The molecule has 3 nitrogen and oxygen atoms in total. The summed E-state index contributed by atoms with van der Waals surface area (Å²) in [4.78, 5) is 0. The maximum atomic E-state index is 5.71. The molecule has 3 heteroatoms. The van der Waals surface area contributed by atoms with Crippen LogP contribution < -0.4 is 14.8 Å². The van der Waals surface area contributed by atoms with E-state index in [4.69, 9.17) is 15.9 Å². The van der Waals surface area contributed by atoms with E-state index in [0.29, 0.717) is 19.1 Å². The van der Waals surface area contributed by atoms with E-state index < -0.39 is 0 Å². The van der Waals surface area contributed by atoms with Gasteiger partial charge in [0.05, 0.1) is 13.7 Å². The van der Waals surface area contributed by atoms with Crippen molar-refractivity contribution in [3.05, 3.63) is 23.8 Å². The van der Waals surface area contributed by atoms with Crippen molar-refractivity contribution < 1.29 is 9.47 Å². The van der Waals surface area contributed by atoms with Crippen molar-refractivity contribution in [1.29, 1.82) is 0 Å². The SMILES string of the molecule is C#CCCOc1cc(OC)ccc1CNC1CC1. The second-order valence-corrected chi connectivity index (χ2v) is 4.43. The normalized spacial score (nSPS) is 14.0. The van der Waals surface area contributed by atoms with Crippen molar-refractivity contribution in [3.63, 3.8) is 0 Å². The van der Waals surface area contributed by atoms with Crippen LogP contribution in [0.15, 0.2) is 18.2 Å². The predicted molar refractivity (Wildman–Crippen MR) is 71.8 cm³/mol. The minimum Gasteiger partial charge on any atom is -0.497 e. The van der Waals surface area contributed by atoms with Gasteiger partial charge >= 0.3 is 0 Å². The smallest absolute Gasteiger partial charge is 0.127 e. The fourth-order valence-corrected chi connectivity index (χ4v) is 1.70. The molecule has 0 unspecified atom stereocenters. The van der Waals surface area contributed by atoms with Gasteiger partial charge in [-0.3, -0.25) is 0 Å². The molecule has 1 fully saturated rings. The fourth-order valence-electron chi connectivity index (χ4n) is 1.70. The van der Waals surface area contributed by atoms with Gasteiger partial charge in [-0.1, -0.05) is 6.07 Å². The molecule has 0 bridgehead atoms. The van der Waals surface area contributed by atoms with Crippen LogP contribution in [0, 0.1) is 12.3 Å². The average molecular weight is 245 g/mol. The topological polar surface area (TPSA) is 30.5 Å². The molecule has 18 heavy (non-hydrogen) atoms. The zero-order valence-electron chi connectivity index (χ0n) is 10.7. The van der Waals surface area contributed by atoms with Crippen molar-refractivity contribution >= 4 is 0 Å². The Morgan fingerprint density at radius 2 is 2.28 bits per heavy atom. The number of benzene rings is 1. The lowest BCUT2D eigenvalue weighted by molar-refractivity contribution is 0.319. The summed E-state index contributed by atoms with van der Waals surface area (Å²) in [6.45, 7) is 1.38. The average Bonchev–Trinajstić information content (AvgIpc) is 3.21. The van der Waals surface area contributed by atoms with Gasteiger partial charge in [-0.25, -0.2) is 0 Å². The van der Waals surface area contributed by atoms with Crippen molar-refractivity contribution in [2.45, 2.75) is 31.8 Å². The summed E-state index contributed by atoms with van der Waals surface area (Å²) in [5.74, 6) is 4.24. The van der Waals surface area contributed by atoms with Crippen molar-refractivity contribution in [1.82, 2.24) is 5.32 Å². The first-order chi connectivity index (χ1) is 8.83. The van der Waals surface area contributed by atoms with E-state index >= 15 is 0 Å². The van der Waals surface area contributed by atoms with Crippen molar-refractivity contribution in [3.8, 4) is 23.8 Å². The van der Waals surface area contributed by atoms with E-state index in [1.165, 1.54) is 12.8 Å². The summed E-state index contributed by atoms with van der Waals surface area (Å²) in [6.07, 6.45) is 8.41. The molecule has 0 spiro atoms. The minimum absolute atomic E-state index is 0.542. The van der Waals surface area contributed by atoms with Gasteiger partial charge in [0, 0.05) is 30.6 Å². The van der Waals surface area contributed by atoms with Crippen LogP contribution in [0.25, 0.3) is 0 Å². The third kappa shape index (κ3) is 3.68. The van der Waals surface area contributed by atoms with E-state index in [1.807, 2.05) is 18.2 Å². The van der Waals surface area contributed by atoms with Crippen LogP contribution in [0.3, 0.4) is 0 Å². The maximum Gasteiger partial charge on any atom is 0.127 e. The highest BCUT2D eigenvalue weighted by Crippen LogP contribution is 2.26. The molecule has 0 radical (unpaired) electrons. The summed E-state index contributed by atoms with van der Waals surface area (Å²) >= 11 is 0. The van der Waals surface area contributed by atoms with Gasteiger partial charge in [-0.2, -0.15) is 0 Å². The van der Waals surface area contributed by atoms with Gasteiger partial charge in [-0.15, -0.1) is 12.3 Å². The molecule has 0 atom stereocenters. The van der Waals surface area contributed by atoms with E-state index in [-0.39, 0.29) is 0 Å². The molecule has 1 N–H and O–H groups in total. The Kier molecular flexibility index (Phi) is 4.49. The Labute approximate surface area is 108 Å². The van der Waals surface area contributed by atoms with Crippen LogP contribution >= 0.6 is 0 Å². The number of hydrogen-bond donors (Lipinski definition) is 1. The van der Waals surface area contributed by atoms with Gasteiger partial charge in [0.1, 0.15) is 11.5 Å². The lowest BCUT2D eigenvalue weighted by atomic mass is 10.2. The summed E-state index contributed by atoms with van der Waals surface area (Å²) in [5.41, 5.74) is 1.15. The third-order valence-corrected chi connectivity index (χ3v) is 2.94. The lowest BCUT2D eigenvalue weighted by Gasteiger charge is -2.13. The number of rotatable bonds is 7. The van der Waals surface area contributed by atoms with E-state index in [2.05, 4.69) is 11.2 Å². The van der Waals surface area contributed by atoms with Gasteiger partial charge in [0.15, 0.2) is 0 Å². The number of nitrogens with one attached hydrogen (secondary N) is 1. The first-order valence-electron chi connectivity index (χ1n) is 6.30. The molecule has 1 aromatic carbocycles. The molecule has 2 rings (SSSR count). The number of methoxy groups -OCH3 is 1. The molecule has 1 saturated carbocycles. The second-order valence-electron chi connectivity index (χ2n) is 4.43. The Hall–Kier alpha value is -1.66. The molecule has 96 valence electrons. The van der Waals surface area contributed by atoms with Crippen molar-refractivity contribution in [2.24, 2.45) is 0 Å². The van der Waals surface area contributed by atoms with Gasteiger partial charge in [-0.05, 0) is 18.9 Å². The molecule has 1 aromatic rings. The zero-order valence-corrected chi connectivity index (χ0v) is 10.7. The molecule has 1 aliphatic carbocycles. The Bertz CT molecular complexity index is 433. The van der Waals surface area contributed by atoms with Crippen LogP contribution in [-0.4, -0.2) is 19.8 Å². The number of ether oxygens (including phenoxy) is 2. The Morgan fingerprint density at radius 1 is 1.44 bits per heavy atom. The van der Waals surface area contributed by atoms with Gasteiger partial charge in [0.2, 0.25) is 0 Å². The Balaban J connectivity index is 2.01. The van der Waals surface area contributed by atoms with E-state index in [0.717, 1.165) is 23.6 Å². The maximum absolute atomic E-state index is 5.71. The minimum atomic E-state index is 0.542. The molecular formula is C15H19NO2. The van der Waals surface area contributed by atoms with Crippen LogP contribution in [0.1, 0.15) is 24.8 Å². The molecule has 0 aromatic heterocycles. The second kappa shape index (κ2) is 6.32. The van der Waals surface area contributed by atoms with Crippen molar-refractivity contribution in [2.75, 3.05) is 13.7 Å². The van der Waals surface area contributed by atoms with Gasteiger partial charge in [0.25, 0.3) is 0 Å². The first kappa shape index (κ1) is 12.8.